The van der Waals surface area contributed by atoms with Gasteiger partial charge in [0, 0.05) is 10.0 Å². The van der Waals surface area contributed by atoms with Crippen LogP contribution in [0.4, 0.5) is 5.69 Å². The summed E-state index contributed by atoms with van der Waals surface area (Å²) >= 11 is 3.30. The number of rotatable bonds is 5. The van der Waals surface area contributed by atoms with Crippen molar-refractivity contribution in [3.05, 3.63) is 76.3 Å². The summed E-state index contributed by atoms with van der Waals surface area (Å²) in [5.74, 6) is -2.20. The molecule has 1 aliphatic heterocycles. The van der Waals surface area contributed by atoms with Gasteiger partial charge in [0.15, 0.2) is 12.4 Å². The number of carbonyl (C=O) groups excluding carboxylic acids is 4. The molecule has 1 heterocycles. The van der Waals surface area contributed by atoms with Crippen LogP contribution in [0, 0.1) is 11.8 Å². The highest BCUT2D eigenvalue weighted by atomic mass is 79.9. The molecule has 152 valence electrons. The van der Waals surface area contributed by atoms with E-state index in [0.717, 1.165) is 9.37 Å². The summed E-state index contributed by atoms with van der Waals surface area (Å²) in [4.78, 5) is 51.3. The number of fused-ring (bicyclic) bond motifs is 1. The van der Waals surface area contributed by atoms with Gasteiger partial charge in [-0.15, -0.1) is 0 Å². The Morgan fingerprint density at radius 2 is 1.57 bits per heavy atom. The van der Waals surface area contributed by atoms with Crippen molar-refractivity contribution < 1.29 is 23.9 Å². The maximum atomic E-state index is 12.7. The standard InChI is InChI=1S/C23H18BrNO5/c24-16-10-8-14(9-11-16)20(26)13-30-23(29)15-4-3-5-17(12-15)25-21(27)18-6-1-2-7-19(18)22(25)28/h1-5,8-12,18-19H,6-7,13H2/t18-,19-/m0/s1. The molecule has 0 spiro atoms. The summed E-state index contributed by atoms with van der Waals surface area (Å²) in [7, 11) is 0. The number of amides is 2. The van der Waals surface area contributed by atoms with Crippen LogP contribution in [0.25, 0.3) is 0 Å². The average Bonchev–Trinajstić information content (AvgIpc) is 3.03. The first kappa shape index (κ1) is 20.2. The van der Waals surface area contributed by atoms with Gasteiger partial charge < -0.3 is 4.74 Å². The predicted molar refractivity (Wildman–Crippen MR) is 113 cm³/mol. The minimum atomic E-state index is -0.694. The lowest BCUT2D eigenvalue weighted by atomic mass is 9.85. The Labute approximate surface area is 181 Å². The quantitative estimate of drug-likeness (QED) is 0.288. The zero-order valence-corrected chi connectivity index (χ0v) is 17.5. The molecule has 2 aromatic rings. The number of nitrogens with zero attached hydrogens (tertiary/aromatic N) is 1. The molecular formula is C23H18BrNO5. The van der Waals surface area contributed by atoms with Crippen LogP contribution in [0.1, 0.15) is 33.6 Å². The van der Waals surface area contributed by atoms with Crippen LogP contribution >= 0.6 is 15.9 Å². The van der Waals surface area contributed by atoms with Crippen LogP contribution in [-0.2, 0) is 14.3 Å². The largest absolute Gasteiger partial charge is 0.454 e. The summed E-state index contributed by atoms with van der Waals surface area (Å²) < 4.78 is 5.98. The van der Waals surface area contributed by atoms with E-state index in [1.54, 1.807) is 36.4 Å². The lowest BCUT2D eigenvalue weighted by Crippen LogP contribution is -2.31. The number of Topliss-reactive ketones (excluding diaryl/α,β-unsaturated/α-hetero) is 1. The molecule has 2 aliphatic rings. The molecule has 0 bridgehead atoms. The third-order valence-electron chi connectivity index (χ3n) is 5.35. The molecule has 30 heavy (non-hydrogen) atoms. The number of anilines is 1. The number of ketones is 1. The van der Waals surface area contributed by atoms with Crippen LogP contribution < -0.4 is 4.90 Å². The monoisotopic (exact) mass is 467 g/mol. The van der Waals surface area contributed by atoms with E-state index in [1.807, 2.05) is 12.2 Å². The second-order valence-corrected chi connectivity index (χ2v) is 8.14. The Kier molecular flexibility index (Phi) is 5.63. The highest BCUT2D eigenvalue weighted by Gasteiger charge is 2.47. The fourth-order valence-electron chi connectivity index (χ4n) is 3.76. The summed E-state index contributed by atoms with van der Waals surface area (Å²) in [5.41, 5.74) is 0.946. The number of carbonyl (C=O) groups is 4. The van der Waals surface area contributed by atoms with Crippen LogP contribution in [0.15, 0.2) is 65.2 Å². The van der Waals surface area contributed by atoms with Gasteiger partial charge in [-0.25, -0.2) is 4.79 Å². The Hall–Kier alpha value is -3.06. The van der Waals surface area contributed by atoms with Gasteiger partial charge in [0.2, 0.25) is 11.8 Å². The maximum Gasteiger partial charge on any atom is 0.338 e. The molecule has 0 saturated carbocycles. The number of imide groups is 1. The lowest BCUT2D eigenvalue weighted by Gasteiger charge is -2.15. The molecule has 0 radical (unpaired) electrons. The molecular weight excluding hydrogens is 450 g/mol. The van der Waals surface area contributed by atoms with Crippen molar-refractivity contribution in [2.45, 2.75) is 12.8 Å². The molecule has 2 aromatic carbocycles. The minimum absolute atomic E-state index is 0.171. The van der Waals surface area contributed by atoms with Crippen LogP contribution in [-0.4, -0.2) is 30.2 Å². The Morgan fingerprint density at radius 1 is 0.933 bits per heavy atom. The predicted octanol–water partition coefficient (Wildman–Crippen LogP) is 3.94. The van der Waals surface area contributed by atoms with Gasteiger partial charge >= 0.3 is 5.97 Å². The Bertz CT molecular complexity index is 1030. The van der Waals surface area contributed by atoms with E-state index in [0.29, 0.717) is 24.1 Å². The number of hydrogen-bond donors (Lipinski definition) is 0. The first-order valence-electron chi connectivity index (χ1n) is 9.54. The van der Waals surface area contributed by atoms with Crippen molar-refractivity contribution in [1.29, 1.82) is 0 Å². The van der Waals surface area contributed by atoms with Gasteiger partial charge in [-0.05, 0) is 43.2 Å². The second kappa shape index (κ2) is 8.36. The lowest BCUT2D eigenvalue weighted by molar-refractivity contribution is -0.122. The normalized spacial score (nSPS) is 20.2. The van der Waals surface area contributed by atoms with Gasteiger partial charge in [-0.2, -0.15) is 0 Å². The van der Waals surface area contributed by atoms with E-state index in [2.05, 4.69) is 15.9 Å². The average molecular weight is 468 g/mol. The number of benzene rings is 2. The highest BCUT2D eigenvalue weighted by molar-refractivity contribution is 9.10. The number of halogens is 1. The van der Waals surface area contributed by atoms with Gasteiger partial charge in [-0.1, -0.05) is 46.3 Å². The first-order valence-corrected chi connectivity index (χ1v) is 10.3. The van der Waals surface area contributed by atoms with Gasteiger partial charge in [0.1, 0.15) is 0 Å². The number of allylic oxidation sites excluding steroid dienone is 2. The number of ether oxygens (including phenoxy) is 1. The van der Waals surface area contributed by atoms with Crippen LogP contribution in [0.5, 0.6) is 0 Å². The molecule has 1 aliphatic carbocycles. The summed E-state index contributed by atoms with van der Waals surface area (Å²) in [5, 5.41) is 0. The van der Waals surface area contributed by atoms with Crippen molar-refractivity contribution in [1.82, 2.24) is 0 Å². The molecule has 2 amide bonds. The third kappa shape index (κ3) is 3.85. The minimum Gasteiger partial charge on any atom is -0.454 e. The van der Waals surface area contributed by atoms with E-state index in [-0.39, 0.29) is 35.0 Å². The second-order valence-electron chi connectivity index (χ2n) is 7.22. The summed E-state index contributed by atoms with van der Waals surface area (Å²) in [6, 6.07) is 12.9. The van der Waals surface area contributed by atoms with E-state index < -0.39 is 12.6 Å². The van der Waals surface area contributed by atoms with Crippen molar-refractivity contribution in [3.63, 3.8) is 0 Å². The SMILES string of the molecule is O=C(COC(=O)c1cccc(N2C(=O)[C@H]3CC=CC[C@@H]3C2=O)c1)c1ccc(Br)cc1. The van der Waals surface area contributed by atoms with Gasteiger partial charge in [-0.3, -0.25) is 19.3 Å². The molecule has 7 heteroatoms. The van der Waals surface area contributed by atoms with Gasteiger partial charge in [0.05, 0.1) is 23.1 Å². The van der Waals surface area contributed by atoms with E-state index in [4.69, 9.17) is 4.74 Å². The highest BCUT2D eigenvalue weighted by Crippen LogP contribution is 2.37. The zero-order valence-electron chi connectivity index (χ0n) is 15.9. The zero-order chi connectivity index (χ0) is 21.3. The molecule has 0 aromatic heterocycles. The van der Waals surface area contributed by atoms with Crippen molar-refractivity contribution >= 4 is 45.2 Å². The maximum absolute atomic E-state index is 12.7. The number of hydrogen-bond acceptors (Lipinski definition) is 5. The molecule has 0 N–H and O–H groups in total. The fourth-order valence-corrected chi connectivity index (χ4v) is 4.02. The van der Waals surface area contributed by atoms with E-state index >= 15 is 0 Å². The molecule has 1 saturated heterocycles. The number of esters is 1. The van der Waals surface area contributed by atoms with Crippen molar-refractivity contribution in [2.24, 2.45) is 11.8 Å². The van der Waals surface area contributed by atoms with E-state index in [1.165, 1.54) is 12.1 Å². The molecule has 4 rings (SSSR count). The third-order valence-corrected chi connectivity index (χ3v) is 5.88. The first-order chi connectivity index (χ1) is 14.5. The van der Waals surface area contributed by atoms with Crippen molar-refractivity contribution in [3.8, 4) is 0 Å². The smallest absolute Gasteiger partial charge is 0.338 e. The fraction of sp³-hybridized carbons (Fsp3) is 0.217. The van der Waals surface area contributed by atoms with E-state index in [9.17, 15) is 19.2 Å². The Balaban J connectivity index is 1.46. The molecule has 6 nitrogen and oxygen atoms in total. The van der Waals surface area contributed by atoms with Crippen LogP contribution in [0.3, 0.4) is 0 Å². The molecule has 1 fully saturated rings. The van der Waals surface area contributed by atoms with Crippen molar-refractivity contribution in [2.75, 3.05) is 11.5 Å². The topological polar surface area (TPSA) is 80.8 Å². The molecule has 2 atom stereocenters. The summed E-state index contributed by atoms with van der Waals surface area (Å²) in [6.07, 6.45) is 4.94. The van der Waals surface area contributed by atoms with Gasteiger partial charge in [0.25, 0.3) is 0 Å². The summed E-state index contributed by atoms with van der Waals surface area (Å²) in [6.45, 7) is -0.401. The Morgan fingerprint density at radius 3 is 2.20 bits per heavy atom. The molecule has 0 unspecified atom stereocenters. The van der Waals surface area contributed by atoms with Crippen LogP contribution in [0.2, 0.25) is 0 Å².